The second-order valence-electron chi connectivity index (χ2n) is 6.41. The summed E-state index contributed by atoms with van der Waals surface area (Å²) in [5.74, 6) is 0.942. The molecular formula is C23H23NO3. The molecule has 4 heteroatoms. The molecule has 0 aliphatic heterocycles. The van der Waals surface area contributed by atoms with Crippen LogP contribution >= 0.6 is 0 Å². The summed E-state index contributed by atoms with van der Waals surface area (Å²) < 4.78 is 11.3. The van der Waals surface area contributed by atoms with Gasteiger partial charge >= 0.3 is 0 Å². The number of para-hydroxylation sites is 1. The average Bonchev–Trinajstić information content (AvgIpc) is 2.69. The van der Waals surface area contributed by atoms with Crippen molar-refractivity contribution in [1.82, 2.24) is 0 Å². The first-order chi connectivity index (χ1) is 13.1. The number of carbonyl (C=O) groups excluding carboxylic acids is 1. The van der Waals surface area contributed by atoms with Gasteiger partial charge in [0.25, 0.3) is 5.91 Å². The highest BCUT2D eigenvalue weighted by molar-refractivity contribution is 6.05. The van der Waals surface area contributed by atoms with Crippen molar-refractivity contribution in [2.45, 2.75) is 20.5 Å². The number of methoxy groups -OCH3 is 1. The molecule has 0 heterocycles. The van der Waals surface area contributed by atoms with E-state index >= 15 is 0 Å². The maximum Gasteiger partial charge on any atom is 0.255 e. The molecular weight excluding hydrogens is 338 g/mol. The van der Waals surface area contributed by atoms with Crippen LogP contribution in [0.3, 0.4) is 0 Å². The van der Waals surface area contributed by atoms with E-state index in [1.807, 2.05) is 50.2 Å². The zero-order chi connectivity index (χ0) is 19.2. The van der Waals surface area contributed by atoms with Gasteiger partial charge in [0.2, 0.25) is 0 Å². The molecule has 0 saturated carbocycles. The van der Waals surface area contributed by atoms with E-state index in [1.54, 1.807) is 25.3 Å². The first kappa shape index (κ1) is 18.5. The van der Waals surface area contributed by atoms with Crippen molar-refractivity contribution in [1.29, 1.82) is 0 Å². The smallest absolute Gasteiger partial charge is 0.255 e. The normalized spacial score (nSPS) is 10.3. The molecule has 1 amide bonds. The molecule has 3 aromatic rings. The van der Waals surface area contributed by atoms with Crippen molar-refractivity contribution in [2.75, 3.05) is 12.4 Å². The number of ether oxygens (including phenoxy) is 2. The van der Waals surface area contributed by atoms with Gasteiger partial charge in [-0.2, -0.15) is 0 Å². The van der Waals surface area contributed by atoms with Crippen LogP contribution in [0.25, 0.3) is 0 Å². The first-order valence-electron chi connectivity index (χ1n) is 8.80. The third-order valence-electron chi connectivity index (χ3n) is 4.33. The van der Waals surface area contributed by atoms with E-state index in [-0.39, 0.29) is 5.91 Å². The van der Waals surface area contributed by atoms with Gasteiger partial charge in [-0.15, -0.1) is 0 Å². The number of amides is 1. The van der Waals surface area contributed by atoms with Crippen molar-refractivity contribution in [3.8, 4) is 11.5 Å². The van der Waals surface area contributed by atoms with E-state index in [0.717, 1.165) is 16.8 Å². The molecule has 0 saturated heterocycles. The van der Waals surface area contributed by atoms with Gasteiger partial charge in [0.1, 0.15) is 6.61 Å². The molecule has 0 aliphatic rings. The number of benzene rings is 3. The van der Waals surface area contributed by atoms with Gasteiger partial charge in [0, 0.05) is 11.3 Å². The number of aryl methyl sites for hydroxylation is 2. The summed E-state index contributed by atoms with van der Waals surface area (Å²) in [6.07, 6.45) is 0. The van der Waals surface area contributed by atoms with Crippen LogP contribution < -0.4 is 14.8 Å². The highest BCUT2D eigenvalue weighted by Gasteiger charge is 2.12. The van der Waals surface area contributed by atoms with Crippen LogP contribution in [0.1, 0.15) is 27.0 Å². The average molecular weight is 361 g/mol. The lowest BCUT2D eigenvalue weighted by Crippen LogP contribution is -2.13. The third kappa shape index (κ3) is 4.67. The highest BCUT2D eigenvalue weighted by atomic mass is 16.5. The zero-order valence-corrected chi connectivity index (χ0v) is 15.8. The maximum atomic E-state index is 12.5. The van der Waals surface area contributed by atoms with E-state index < -0.39 is 0 Å². The molecule has 4 nitrogen and oxygen atoms in total. The molecule has 0 fully saturated rings. The molecule has 138 valence electrons. The summed E-state index contributed by atoms with van der Waals surface area (Å²) in [7, 11) is 1.57. The third-order valence-corrected chi connectivity index (χ3v) is 4.33. The monoisotopic (exact) mass is 361 g/mol. The lowest BCUT2D eigenvalue weighted by molar-refractivity contribution is 0.102. The minimum absolute atomic E-state index is 0.187. The molecule has 0 unspecified atom stereocenters. The fraction of sp³-hybridized carbons (Fsp3) is 0.174. The van der Waals surface area contributed by atoms with Gasteiger partial charge < -0.3 is 14.8 Å². The van der Waals surface area contributed by atoms with Gasteiger partial charge in [0.15, 0.2) is 11.5 Å². The van der Waals surface area contributed by atoms with Crippen LogP contribution in [0.2, 0.25) is 0 Å². The van der Waals surface area contributed by atoms with Gasteiger partial charge in [0.05, 0.1) is 7.11 Å². The number of hydrogen-bond donors (Lipinski definition) is 1. The topological polar surface area (TPSA) is 47.6 Å². The van der Waals surface area contributed by atoms with Gasteiger partial charge in [-0.25, -0.2) is 0 Å². The Labute approximate surface area is 159 Å². The fourth-order valence-electron chi connectivity index (χ4n) is 2.68. The molecule has 1 N–H and O–H groups in total. The van der Waals surface area contributed by atoms with Crippen LogP contribution in [-0.4, -0.2) is 13.0 Å². The number of nitrogens with one attached hydrogen (secondary N) is 1. The molecule has 0 radical (unpaired) electrons. The number of anilines is 1. The summed E-state index contributed by atoms with van der Waals surface area (Å²) in [6, 6.07) is 21.0. The number of hydrogen-bond acceptors (Lipinski definition) is 3. The lowest BCUT2D eigenvalue weighted by Gasteiger charge is -2.13. The Kier molecular flexibility index (Phi) is 5.77. The summed E-state index contributed by atoms with van der Waals surface area (Å²) in [6.45, 7) is 4.44. The zero-order valence-electron chi connectivity index (χ0n) is 15.8. The Morgan fingerprint density at radius 1 is 0.926 bits per heavy atom. The Morgan fingerprint density at radius 2 is 1.67 bits per heavy atom. The Morgan fingerprint density at radius 3 is 2.37 bits per heavy atom. The summed E-state index contributed by atoms with van der Waals surface area (Å²) >= 11 is 0. The SMILES string of the molecule is COc1cc(C(=O)Nc2ccccc2C)ccc1OCc1ccc(C)cc1. The first-order valence-corrected chi connectivity index (χ1v) is 8.80. The molecule has 0 bridgehead atoms. The van der Waals surface area contributed by atoms with Gasteiger partial charge in [-0.3, -0.25) is 4.79 Å². The quantitative estimate of drug-likeness (QED) is 0.661. The van der Waals surface area contributed by atoms with Crippen molar-refractivity contribution in [2.24, 2.45) is 0 Å². The molecule has 0 aliphatic carbocycles. The van der Waals surface area contributed by atoms with E-state index in [4.69, 9.17) is 9.47 Å². The van der Waals surface area contributed by atoms with Gasteiger partial charge in [-0.05, 0) is 49.2 Å². The largest absolute Gasteiger partial charge is 0.493 e. The number of carbonyl (C=O) groups is 1. The minimum atomic E-state index is -0.187. The molecule has 27 heavy (non-hydrogen) atoms. The van der Waals surface area contributed by atoms with E-state index in [0.29, 0.717) is 23.7 Å². The predicted molar refractivity (Wildman–Crippen MR) is 108 cm³/mol. The maximum absolute atomic E-state index is 12.5. The summed E-state index contributed by atoms with van der Waals surface area (Å²) in [5.41, 5.74) is 4.60. The van der Waals surface area contributed by atoms with Crippen LogP contribution in [0.5, 0.6) is 11.5 Å². The van der Waals surface area contributed by atoms with Crippen molar-refractivity contribution >= 4 is 11.6 Å². The Bertz CT molecular complexity index is 933. The number of rotatable bonds is 6. The summed E-state index contributed by atoms with van der Waals surface area (Å²) in [5, 5.41) is 2.93. The second kappa shape index (κ2) is 8.41. The second-order valence-corrected chi connectivity index (χ2v) is 6.41. The van der Waals surface area contributed by atoms with Crippen molar-refractivity contribution < 1.29 is 14.3 Å². The fourth-order valence-corrected chi connectivity index (χ4v) is 2.68. The van der Waals surface area contributed by atoms with E-state index in [1.165, 1.54) is 5.56 Å². The molecule has 3 aromatic carbocycles. The lowest BCUT2D eigenvalue weighted by atomic mass is 10.1. The van der Waals surface area contributed by atoms with Crippen molar-refractivity contribution in [3.63, 3.8) is 0 Å². The van der Waals surface area contributed by atoms with E-state index in [2.05, 4.69) is 17.4 Å². The van der Waals surface area contributed by atoms with Crippen molar-refractivity contribution in [3.05, 3.63) is 89.0 Å². The molecule has 0 aromatic heterocycles. The highest BCUT2D eigenvalue weighted by Crippen LogP contribution is 2.29. The van der Waals surface area contributed by atoms with Crippen LogP contribution in [0.15, 0.2) is 66.7 Å². The summed E-state index contributed by atoms with van der Waals surface area (Å²) in [4.78, 5) is 12.5. The molecule has 0 atom stereocenters. The van der Waals surface area contributed by atoms with Crippen LogP contribution in [0.4, 0.5) is 5.69 Å². The van der Waals surface area contributed by atoms with Crippen LogP contribution in [-0.2, 0) is 6.61 Å². The van der Waals surface area contributed by atoms with Gasteiger partial charge in [-0.1, -0.05) is 48.0 Å². The molecule has 3 rings (SSSR count). The minimum Gasteiger partial charge on any atom is -0.493 e. The van der Waals surface area contributed by atoms with E-state index in [9.17, 15) is 4.79 Å². The standard InChI is InChI=1S/C23H23NO3/c1-16-8-10-18(11-9-16)15-27-21-13-12-19(14-22(21)26-3)23(25)24-20-7-5-4-6-17(20)2/h4-14H,15H2,1-3H3,(H,24,25). The predicted octanol–water partition coefficient (Wildman–Crippen LogP) is 5.14. The van der Waals surface area contributed by atoms with Crippen LogP contribution in [0, 0.1) is 13.8 Å². The molecule has 0 spiro atoms. The Balaban J connectivity index is 1.72. The Hall–Kier alpha value is -3.27.